The lowest BCUT2D eigenvalue weighted by atomic mass is 10.1. The van der Waals surface area contributed by atoms with Crippen molar-refractivity contribution >= 4 is 21.6 Å². The minimum Gasteiger partial charge on any atom is -0.346 e. The van der Waals surface area contributed by atoms with Crippen LogP contribution < -0.4 is 9.62 Å². The lowest BCUT2D eigenvalue weighted by molar-refractivity contribution is 0.0940. The Balaban J connectivity index is 2.11. The minimum absolute atomic E-state index is 0.110. The highest BCUT2D eigenvalue weighted by Gasteiger charge is 2.16. The predicted octanol–water partition coefficient (Wildman–Crippen LogP) is 2.96. The van der Waals surface area contributed by atoms with E-state index in [0.29, 0.717) is 17.8 Å². The molecule has 128 valence electrons. The fourth-order valence-corrected chi connectivity index (χ4v) is 3.47. The van der Waals surface area contributed by atoms with Gasteiger partial charge in [0.2, 0.25) is 10.0 Å². The van der Waals surface area contributed by atoms with Crippen molar-refractivity contribution in [2.45, 2.75) is 19.9 Å². The van der Waals surface area contributed by atoms with Gasteiger partial charge >= 0.3 is 0 Å². The largest absolute Gasteiger partial charge is 0.346 e. The summed E-state index contributed by atoms with van der Waals surface area (Å²) in [6, 6.07) is 16.2. The Morgan fingerprint density at radius 3 is 2.17 bits per heavy atom. The molecule has 24 heavy (non-hydrogen) atoms. The molecule has 0 aliphatic heterocycles. The van der Waals surface area contributed by atoms with Crippen molar-refractivity contribution in [3.8, 4) is 0 Å². The second-order valence-corrected chi connectivity index (χ2v) is 7.49. The van der Waals surface area contributed by atoms with Crippen molar-refractivity contribution in [3.05, 3.63) is 65.7 Å². The first kappa shape index (κ1) is 18.0. The van der Waals surface area contributed by atoms with Crippen molar-refractivity contribution < 1.29 is 13.2 Å². The second kappa shape index (κ2) is 7.49. The number of hydrogen-bond acceptors (Lipinski definition) is 3. The molecule has 0 bridgehead atoms. The van der Waals surface area contributed by atoms with Crippen molar-refractivity contribution in [2.75, 3.05) is 17.1 Å². The zero-order valence-electron chi connectivity index (χ0n) is 14.1. The third-order valence-electron chi connectivity index (χ3n) is 3.75. The lowest BCUT2D eigenvalue weighted by Crippen LogP contribution is -2.29. The van der Waals surface area contributed by atoms with E-state index >= 15 is 0 Å². The maximum Gasteiger partial charge on any atom is 0.251 e. The van der Waals surface area contributed by atoms with Crippen molar-refractivity contribution in [1.82, 2.24) is 5.32 Å². The first-order chi connectivity index (χ1) is 11.3. The number of nitrogens with one attached hydrogen (secondary N) is 1. The molecule has 0 aliphatic rings. The lowest BCUT2D eigenvalue weighted by Gasteiger charge is -2.20. The molecule has 0 heterocycles. The second-order valence-electron chi connectivity index (χ2n) is 5.58. The first-order valence-corrected chi connectivity index (χ1v) is 9.61. The van der Waals surface area contributed by atoms with Crippen LogP contribution in [0, 0.1) is 0 Å². The Hall–Kier alpha value is -2.34. The van der Waals surface area contributed by atoms with Crippen LogP contribution in [0.5, 0.6) is 0 Å². The number of rotatable bonds is 6. The molecule has 0 radical (unpaired) electrons. The molecule has 0 aromatic heterocycles. The number of amides is 1. The number of benzene rings is 2. The van der Waals surface area contributed by atoms with Gasteiger partial charge in [0.05, 0.1) is 18.0 Å². The van der Waals surface area contributed by atoms with Crippen molar-refractivity contribution in [2.24, 2.45) is 0 Å². The molecule has 1 N–H and O–H groups in total. The van der Waals surface area contributed by atoms with E-state index in [1.54, 1.807) is 31.2 Å². The van der Waals surface area contributed by atoms with Crippen LogP contribution in [0.15, 0.2) is 54.6 Å². The number of anilines is 1. The van der Waals surface area contributed by atoms with Crippen LogP contribution in [0.1, 0.15) is 35.8 Å². The number of carbonyl (C=O) groups is 1. The number of sulfonamides is 1. The monoisotopic (exact) mass is 346 g/mol. The van der Waals surface area contributed by atoms with Gasteiger partial charge in [-0.2, -0.15) is 0 Å². The van der Waals surface area contributed by atoms with E-state index in [1.807, 2.05) is 37.3 Å². The Bertz CT molecular complexity index is 787. The molecule has 1 amide bonds. The van der Waals surface area contributed by atoms with Crippen LogP contribution in [-0.2, 0) is 10.0 Å². The summed E-state index contributed by atoms with van der Waals surface area (Å²) in [5.74, 6) is -0.194. The summed E-state index contributed by atoms with van der Waals surface area (Å²) in [6.45, 7) is 4.03. The highest BCUT2D eigenvalue weighted by molar-refractivity contribution is 7.92. The summed E-state index contributed by atoms with van der Waals surface area (Å²) in [6.07, 6.45) is 1.17. The zero-order chi connectivity index (χ0) is 17.7. The van der Waals surface area contributed by atoms with E-state index < -0.39 is 10.0 Å². The molecule has 2 rings (SSSR count). The van der Waals surface area contributed by atoms with E-state index in [1.165, 1.54) is 10.6 Å². The predicted molar refractivity (Wildman–Crippen MR) is 96.6 cm³/mol. The maximum absolute atomic E-state index is 12.3. The minimum atomic E-state index is -3.32. The summed E-state index contributed by atoms with van der Waals surface area (Å²) < 4.78 is 24.8. The smallest absolute Gasteiger partial charge is 0.251 e. The highest BCUT2D eigenvalue weighted by atomic mass is 32.2. The molecule has 1 unspecified atom stereocenters. The van der Waals surface area contributed by atoms with E-state index in [2.05, 4.69) is 5.32 Å². The van der Waals surface area contributed by atoms with E-state index in [9.17, 15) is 13.2 Å². The van der Waals surface area contributed by atoms with E-state index in [0.717, 1.165) is 5.56 Å². The number of carbonyl (C=O) groups excluding carboxylic acids is 1. The SMILES string of the molecule is CCN(c1ccc(C(=O)NC(C)c2ccccc2)cc1)S(C)(=O)=O. The van der Waals surface area contributed by atoms with Gasteiger partial charge in [-0.25, -0.2) is 8.42 Å². The van der Waals surface area contributed by atoms with Gasteiger partial charge in [0, 0.05) is 12.1 Å². The topological polar surface area (TPSA) is 66.5 Å². The fourth-order valence-electron chi connectivity index (χ4n) is 2.49. The molecular formula is C18H22N2O3S. The third-order valence-corrected chi connectivity index (χ3v) is 5.02. The normalized spacial score (nSPS) is 12.5. The molecule has 0 spiro atoms. The number of hydrogen-bond donors (Lipinski definition) is 1. The summed E-state index contributed by atoms with van der Waals surface area (Å²) in [5, 5.41) is 2.93. The van der Waals surface area contributed by atoms with Gasteiger partial charge in [0.25, 0.3) is 5.91 Å². The van der Waals surface area contributed by atoms with Crippen LogP contribution in [0.4, 0.5) is 5.69 Å². The summed E-state index contributed by atoms with van der Waals surface area (Å²) in [7, 11) is -3.32. The van der Waals surface area contributed by atoms with Gasteiger partial charge < -0.3 is 5.32 Å². The molecule has 0 fully saturated rings. The Kier molecular flexibility index (Phi) is 5.62. The van der Waals surface area contributed by atoms with Crippen molar-refractivity contribution in [1.29, 1.82) is 0 Å². The van der Waals surface area contributed by atoms with Gasteiger partial charge in [-0.15, -0.1) is 0 Å². The summed E-state index contributed by atoms with van der Waals surface area (Å²) in [5.41, 5.74) is 2.07. The van der Waals surface area contributed by atoms with E-state index in [4.69, 9.17) is 0 Å². The van der Waals surface area contributed by atoms with Crippen LogP contribution >= 0.6 is 0 Å². The molecule has 6 heteroatoms. The molecule has 0 saturated carbocycles. The third kappa shape index (κ3) is 4.35. The zero-order valence-corrected chi connectivity index (χ0v) is 14.9. The van der Waals surface area contributed by atoms with Gasteiger partial charge in [-0.3, -0.25) is 9.10 Å². The fraction of sp³-hybridized carbons (Fsp3) is 0.278. The van der Waals surface area contributed by atoms with Crippen LogP contribution in [-0.4, -0.2) is 27.1 Å². The molecule has 2 aromatic rings. The van der Waals surface area contributed by atoms with Gasteiger partial charge in [0.1, 0.15) is 0 Å². The Morgan fingerprint density at radius 1 is 1.08 bits per heavy atom. The van der Waals surface area contributed by atoms with Crippen LogP contribution in [0.25, 0.3) is 0 Å². The Morgan fingerprint density at radius 2 is 1.67 bits per heavy atom. The summed E-state index contributed by atoms with van der Waals surface area (Å²) in [4.78, 5) is 12.3. The van der Waals surface area contributed by atoms with Gasteiger partial charge in [-0.1, -0.05) is 30.3 Å². The van der Waals surface area contributed by atoms with Gasteiger partial charge in [-0.05, 0) is 43.7 Å². The first-order valence-electron chi connectivity index (χ1n) is 7.76. The van der Waals surface area contributed by atoms with Crippen molar-refractivity contribution in [3.63, 3.8) is 0 Å². The molecule has 0 saturated heterocycles. The molecule has 1 atom stereocenters. The van der Waals surface area contributed by atoms with E-state index in [-0.39, 0.29) is 11.9 Å². The Labute approximate surface area is 143 Å². The average molecular weight is 346 g/mol. The quantitative estimate of drug-likeness (QED) is 0.874. The van der Waals surface area contributed by atoms with Gasteiger partial charge in [0.15, 0.2) is 0 Å². The molecule has 2 aromatic carbocycles. The molecule has 0 aliphatic carbocycles. The van der Waals surface area contributed by atoms with Crippen LogP contribution in [0.2, 0.25) is 0 Å². The maximum atomic E-state index is 12.3. The molecule has 5 nitrogen and oxygen atoms in total. The number of nitrogens with zero attached hydrogens (tertiary/aromatic N) is 1. The highest BCUT2D eigenvalue weighted by Crippen LogP contribution is 2.19. The molecular weight excluding hydrogens is 324 g/mol. The summed E-state index contributed by atoms with van der Waals surface area (Å²) >= 11 is 0. The van der Waals surface area contributed by atoms with Crippen LogP contribution in [0.3, 0.4) is 0 Å². The standard InChI is InChI=1S/C18H22N2O3S/c1-4-20(24(3,22)23)17-12-10-16(11-13-17)18(21)19-14(2)15-8-6-5-7-9-15/h5-14H,4H2,1-3H3,(H,19,21). The average Bonchev–Trinajstić information content (AvgIpc) is 2.55.